The van der Waals surface area contributed by atoms with Crippen molar-refractivity contribution in [2.75, 3.05) is 0 Å². The molecule has 2 aromatic rings. The van der Waals surface area contributed by atoms with Gasteiger partial charge in [-0.15, -0.1) is 0 Å². The van der Waals surface area contributed by atoms with Crippen LogP contribution in [0.1, 0.15) is 11.3 Å². The second-order valence-corrected chi connectivity index (χ2v) is 3.53. The Hall–Kier alpha value is -2.22. The fraction of sp³-hybridized carbons (Fsp3) is 0. The molecule has 0 saturated carbocycles. The van der Waals surface area contributed by atoms with Crippen LogP contribution in [-0.4, -0.2) is 4.98 Å². The third-order valence-corrected chi connectivity index (χ3v) is 2.20. The summed E-state index contributed by atoms with van der Waals surface area (Å²) < 4.78 is 12.9. The predicted octanol–water partition coefficient (Wildman–Crippen LogP) is 3.95. The van der Waals surface area contributed by atoms with Gasteiger partial charge in [0.05, 0.1) is 5.69 Å². The maximum Gasteiger partial charge on any atom is 0.123 e. The largest absolute Gasteiger partial charge is 0.257 e. The average Bonchev–Trinajstić information content (AvgIpc) is 2.36. The lowest BCUT2D eigenvalue weighted by atomic mass is 10.2. The van der Waals surface area contributed by atoms with E-state index in [1.54, 1.807) is 12.3 Å². The molecule has 1 aromatic heterocycles. The molecule has 0 amide bonds. The molecule has 0 saturated heterocycles. The van der Waals surface area contributed by atoms with Crippen molar-refractivity contribution in [1.29, 1.82) is 0 Å². The van der Waals surface area contributed by atoms with Crippen LogP contribution in [-0.2, 0) is 0 Å². The Labute approximate surface area is 100.0 Å². The van der Waals surface area contributed by atoms with Gasteiger partial charge in [0.2, 0.25) is 0 Å². The van der Waals surface area contributed by atoms with Crippen LogP contribution in [0.2, 0.25) is 0 Å². The molecule has 0 spiro atoms. The van der Waals surface area contributed by atoms with Crippen LogP contribution >= 0.6 is 0 Å². The maximum atomic E-state index is 12.9. The summed E-state index contributed by atoms with van der Waals surface area (Å²) in [5.41, 5.74) is 1.74. The number of halogens is 1. The van der Waals surface area contributed by atoms with Crippen LogP contribution < -0.4 is 0 Å². The topological polar surface area (TPSA) is 12.9 Å². The highest BCUT2D eigenvalue weighted by Gasteiger charge is 1.88. The zero-order valence-corrected chi connectivity index (χ0v) is 9.25. The van der Waals surface area contributed by atoms with E-state index in [2.05, 4.69) is 4.98 Å². The number of benzene rings is 1. The van der Waals surface area contributed by atoms with Gasteiger partial charge < -0.3 is 0 Å². The number of pyridine rings is 1. The summed E-state index contributed by atoms with van der Waals surface area (Å²) in [7, 11) is 0. The molecule has 0 aliphatic heterocycles. The molecule has 1 heterocycles. The second kappa shape index (κ2) is 5.75. The normalized spacial score (nSPS) is 11.4. The molecule has 1 aromatic carbocycles. The molecule has 0 bridgehead atoms. The lowest BCUT2D eigenvalue weighted by Crippen LogP contribution is -1.76. The molecule has 84 valence electrons. The van der Waals surface area contributed by atoms with Crippen LogP contribution in [0, 0.1) is 5.82 Å². The molecule has 0 atom stereocenters. The van der Waals surface area contributed by atoms with Gasteiger partial charge in [-0.3, -0.25) is 4.98 Å². The van der Waals surface area contributed by atoms with Gasteiger partial charge in [-0.25, -0.2) is 4.39 Å². The fourth-order valence-electron chi connectivity index (χ4n) is 1.41. The Kier molecular flexibility index (Phi) is 3.81. The van der Waals surface area contributed by atoms with Crippen LogP contribution in [0.5, 0.6) is 0 Å². The Bertz CT molecular complexity index is 530. The lowest BCUT2D eigenvalue weighted by Gasteiger charge is -1.91. The monoisotopic (exact) mass is 225 g/mol. The van der Waals surface area contributed by atoms with E-state index in [1.165, 1.54) is 12.1 Å². The van der Waals surface area contributed by atoms with E-state index in [-0.39, 0.29) is 5.82 Å². The van der Waals surface area contributed by atoms with Crippen molar-refractivity contribution in [1.82, 2.24) is 4.98 Å². The highest BCUT2D eigenvalue weighted by Crippen LogP contribution is 2.05. The second-order valence-electron chi connectivity index (χ2n) is 3.53. The van der Waals surface area contributed by atoms with Crippen molar-refractivity contribution in [3.63, 3.8) is 0 Å². The number of nitrogens with zero attached hydrogens (tertiary/aromatic N) is 1. The van der Waals surface area contributed by atoms with Crippen LogP contribution in [0.4, 0.5) is 4.39 Å². The Morgan fingerprint density at radius 1 is 0.941 bits per heavy atom. The van der Waals surface area contributed by atoms with Crippen LogP contribution in [0.15, 0.2) is 60.8 Å². The van der Waals surface area contributed by atoms with Gasteiger partial charge in [-0.05, 0) is 35.9 Å². The van der Waals surface area contributed by atoms with Gasteiger partial charge in [0.25, 0.3) is 0 Å². The summed E-state index contributed by atoms with van der Waals surface area (Å²) in [5.74, 6) is -0.221. The van der Waals surface area contributed by atoms with Crippen molar-refractivity contribution in [2.45, 2.75) is 0 Å². The Morgan fingerprint density at radius 3 is 2.59 bits per heavy atom. The van der Waals surface area contributed by atoms with E-state index in [1.807, 2.05) is 48.6 Å². The molecule has 1 nitrogen and oxygen atoms in total. The van der Waals surface area contributed by atoms with Crippen molar-refractivity contribution >= 4 is 12.2 Å². The lowest BCUT2D eigenvalue weighted by molar-refractivity contribution is 0.627. The number of rotatable bonds is 3. The number of aromatic nitrogens is 1. The van der Waals surface area contributed by atoms with Gasteiger partial charge >= 0.3 is 0 Å². The van der Waals surface area contributed by atoms with Crippen molar-refractivity contribution < 1.29 is 4.39 Å². The summed E-state index contributed by atoms with van der Waals surface area (Å²) in [6, 6.07) is 12.2. The average molecular weight is 225 g/mol. The van der Waals surface area contributed by atoms with Gasteiger partial charge in [0, 0.05) is 6.20 Å². The van der Waals surface area contributed by atoms with Gasteiger partial charge in [-0.2, -0.15) is 0 Å². The molecule has 0 unspecified atom stereocenters. The van der Waals surface area contributed by atoms with Crippen molar-refractivity contribution in [2.24, 2.45) is 0 Å². The Morgan fingerprint density at radius 2 is 1.82 bits per heavy atom. The first-order valence-corrected chi connectivity index (χ1v) is 5.36. The third kappa shape index (κ3) is 3.68. The number of allylic oxidation sites excluding steroid dienone is 2. The quantitative estimate of drug-likeness (QED) is 0.721. The Balaban J connectivity index is 2.01. The predicted molar refractivity (Wildman–Crippen MR) is 68.7 cm³/mol. The summed E-state index contributed by atoms with van der Waals surface area (Å²) >= 11 is 0. The smallest absolute Gasteiger partial charge is 0.123 e. The molecular weight excluding hydrogens is 213 g/mol. The van der Waals surface area contributed by atoms with E-state index in [4.69, 9.17) is 0 Å². The zero-order valence-electron chi connectivity index (χ0n) is 9.25. The minimum atomic E-state index is -0.221. The van der Waals surface area contributed by atoms with Crippen molar-refractivity contribution in [3.05, 3.63) is 77.9 Å². The first-order valence-electron chi connectivity index (χ1n) is 5.36. The van der Waals surface area contributed by atoms with Crippen LogP contribution in [0.25, 0.3) is 12.2 Å². The van der Waals surface area contributed by atoms with E-state index >= 15 is 0 Å². The molecule has 0 aliphatic rings. The molecule has 0 aliphatic carbocycles. The first kappa shape index (κ1) is 11.3. The zero-order chi connectivity index (χ0) is 11.9. The van der Waals surface area contributed by atoms with Gasteiger partial charge in [0.15, 0.2) is 0 Å². The first-order chi connectivity index (χ1) is 8.34. The van der Waals surface area contributed by atoms with E-state index in [0.29, 0.717) is 0 Å². The summed E-state index contributed by atoms with van der Waals surface area (Å²) in [5, 5.41) is 0. The molecule has 2 heteroatoms. The molecule has 0 fully saturated rings. The molecule has 2 rings (SSSR count). The minimum Gasteiger partial charge on any atom is -0.257 e. The molecule has 17 heavy (non-hydrogen) atoms. The molecular formula is C15H12FN. The third-order valence-electron chi connectivity index (χ3n) is 2.20. The molecule has 0 N–H and O–H groups in total. The number of hydrogen-bond acceptors (Lipinski definition) is 1. The van der Waals surface area contributed by atoms with E-state index < -0.39 is 0 Å². The SMILES string of the molecule is Fc1cccc(C=CC=Cc2ccccn2)c1. The standard InChI is InChI=1S/C15H12FN/c16-14-8-5-7-13(12-14)6-1-2-9-15-10-3-4-11-17-15/h1-12H. The fourth-order valence-corrected chi connectivity index (χ4v) is 1.41. The molecule has 0 radical (unpaired) electrons. The number of hydrogen-bond donors (Lipinski definition) is 0. The van der Waals surface area contributed by atoms with E-state index in [0.717, 1.165) is 11.3 Å². The highest BCUT2D eigenvalue weighted by atomic mass is 19.1. The van der Waals surface area contributed by atoms with Gasteiger partial charge in [-0.1, -0.05) is 36.4 Å². The van der Waals surface area contributed by atoms with E-state index in [9.17, 15) is 4.39 Å². The van der Waals surface area contributed by atoms with Crippen LogP contribution in [0.3, 0.4) is 0 Å². The highest BCUT2D eigenvalue weighted by molar-refractivity contribution is 5.55. The minimum absolute atomic E-state index is 0.221. The summed E-state index contributed by atoms with van der Waals surface area (Å²) in [4.78, 5) is 4.16. The summed E-state index contributed by atoms with van der Waals surface area (Å²) in [6.45, 7) is 0. The van der Waals surface area contributed by atoms with Gasteiger partial charge in [0.1, 0.15) is 5.82 Å². The van der Waals surface area contributed by atoms with Crippen molar-refractivity contribution in [3.8, 4) is 0 Å². The maximum absolute atomic E-state index is 12.9. The summed E-state index contributed by atoms with van der Waals surface area (Å²) in [6.07, 6.45) is 9.24.